The van der Waals surface area contributed by atoms with E-state index in [4.69, 9.17) is 9.84 Å². The minimum Gasteiger partial charge on any atom is -0.478 e. The molecule has 0 aliphatic carbocycles. The first kappa shape index (κ1) is 18.2. The van der Waals surface area contributed by atoms with Crippen molar-refractivity contribution in [1.82, 2.24) is 4.90 Å². The first-order valence-electron chi connectivity index (χ1n) is 8.39. The molecule has 1 aromatic carbocycles. The predicted molar refractivity (Wildman–Crippen MR) is 92.1 cm³/mol. The fraction of sp³-hybridized carbons (Fsp3) is 0.474. The van der Waals surface area contributed by atoms with Gasteiger partial charge in [-0.2, -0.15) is 0 Å². The van der Waals surface area contributed by atoms with Gasteiger partial charge in [0.15, 0.2) is 0 Å². The molecule has 1 unspecified atom stereocenters. The standard InChI is InChI=1S/C19H25NO4/c1-24-14-4-2-3-5-17-10-11-18(21)20(17)13-12-15-6-8-16(9-7-15)19(22)23/h3,5-9,17H,2,4,10-14H2,1H3,(H,22,23)/b5-3+. The van der Waals surface area contributed by atoms with Crippen molar-refractivity contribution in [3.63, 3.8) is 0 Å². The second kappa shape index (κ2) is 9.23. The van der Waals surface area contributed by atoms with Gasteiger partial charge in [-0.15, -0.1) is 0 Å². The molecule has 2 rings (SSSR count). The molecule has 5 nitrogen and oxygen atoms in total. The van der Waals surface area contributed by atoms with Crippen LogP contribution in [0.4, 0.5) is 0 Å². The normalized spacial score (nSPS) is 17.8. The second-order valence-electron chi connectivity index (χ2n) is 6.01. The Labute approximate surface area is 142 Å². The van der Waals surface area contributed by atoms with Gasteiger partial charge in [0.1, 0.15) is 0 Å². The van der Waals surface area contributed by atoms with Crippen LogP contribution >= 0.6 is 0 Å². The number of methoxy groups -OCH3 is 1. The minimum atomic E-state index is -0.921. The molecular formula is C19H25NO4. The van der Waals surface area contributed by atoms with Crippen LogP contribution in [0.3, 0.4) is 0 Å². The topological polar surface area (TPSA) is 66.8 Å². The van der Waals surface area contributed by atoms with Crippen molar-refractivity contribution in [3.8, 4) is 0 Å². The number of ether oxygens (including phenoxy) is 1. The molecule has 5 heteroatoms. The van der Waals surface area contributed by atoms with E-state index in [9.17, 15) is 9.59 Å². The number of benzene rings is 1. The zero-order valence-corrected chi connectivity index (χ0v) is 14.1. The Hall–Kier alpha value is -2.14. The number of amides is 1. The van der Waals surface area contributed by atoms with Crippen molar-refractivity contribution in [1.29, 1.82) is 0 Å². The van der Waals surface area contributed by atoms with Crippen molar-refractivity contribution in [2.75, 3.05) is 20.3 Å². The summed E-state index contributed by atoms with van der Waals surface area (Å²) in [7, 11) is 1.70. The summed E-state index contributed by atoms with van der Waals surface area (Å²) in [4.78, 5) is 24.9. The largest absolute Gasteiger partial charge is 0.478 e. The molecule has 24 heavy (non-hydrogen) atoms. The van der Waals surface area contributed by atoms with Crippen LogP contribution in [0.15, 0.2) is 36.4 Å². The third kappa shape index (κ3) is 5.20. The van der Waals surface area contributed by atoms with E-state index in [-0.39, 0.29) is 17.5 Å². The lowest BCUT2D eigenvalue weighted by Crippen LogP contribution is -2.33. The molecule has 130 valence electrons. The van der Waals surface area contributed by atoms with E-state index in [0.29, 0.717) is 13.0 Å². The molecule has 1 aromatic rings. The van der Waals surface area contributed by atoms with Crippen LogP contribution in [0.5, 0.6) is 0 Å². The highest BCUT2D eigenvalue weighted by atomic mass is 16.5. The number of hydrogen-bond donors (Lipinski definition) is 1. The SMILES string of the molecule is COCCC/C=C/C1CCC(=O)N1CCc1ccc(C(=O)O)cc1. The van der Waals surface area contributed by atoms with Gasteiger partial charge in [-0.1, -0.05) is 24.3 Å². The number of carbonyl (C=O) groups excluding carboxylic acids is 1. The molecule has 1 fully saturated rings. The van der Waals surface area contributed by atoms with Gasteiger partial charge in [0, 0.05) is 26.7 Å². The Morgan fingerprint density at radius 2 is 2.12 bits per heavy atom. The van der Waals surface area contributed by atoms with E-state index in [1.165, 1.54) is 0 Å². The Morgan fingerprint density at radius 3 is 2.79 bits per heavy atom. The minimum absolute atomic E-state index is 0.179. The average Bonchev–Trinajstić information content (AvgIpc) is 2.93. The van der Waals surface area contributed by atoms with Crippen LogP contribution in [0.25, 0.3) is 0 Å². The number of likely N-dealkylation sites (tertiary alicyclic amines) is 1. The number of hydrogen-bond acceptors (Lipinski definition) is 3. The summed E-state index contributed by atoms with van der Waals surface area (Å²) < 4.78 is 5.03. The van der Waals surface area contributed by atoms with Gasteiger partial charge in [-0.3, -0.25) is 4.79 Å². The Bertz CT molecular complexity index is 580. The van der Waals surface area contributed by atoms with Gasteiger partial charge in [0.2, 0.25) is 5.91 Å². The second-order valence-corrected chi connectivity index (χ2v) is 6.01. The molecule has 0 aromatic heterocycles. The summed E-state index contributed by atoms with van der Waals surface area (Å²) in [5, 5.41) is 8.92. The lowest BCUT2D eigenvalue weighted by molar-refractivity contribution is -0.128. The van der Waals surface area contributed by atoms with Crippen LogP contribution in [-0.4, -0.2) is 48.2 Å². The summed E-state index contributed by atoms with van der Waals surface area (Å²) in [5.41, 5.74) is 1.33. The smallest absolute Gasteiger partial charge is 0.335 e. The molecule has 0 spiro atoms. The number of nitrogens with zero attached hydrogens (tertiary/aromatic N) is 1. The maximum Gasteiger partial charge on any atom is 0.335 e. The summed E-state index contributed by atoms with van der Waals surface area (Å²) in [5.74, 6) is -0.723. The summed E-state index contributed by atoms with van der Waals surface area (Å²) >= 11 is 0. The maximum absolute atomic E-state index is 12.1. The highest BCUT2D eigenvalue weighted by Crippen LogP contribution is 2.20. The first-order valence-corrected chi connectivity index (χ1v) is 8.39. The zero-order valence-electron chi connectivity index (χ0n) is 14.1. The third-order valence-corrected chi connectivity index (χ3v) is 4.29. The molecule has 0 saturated carbocycles. The monoisotopic (exact) mass is 331 g/mol. The highest BCUT2D eigenvalue weighted by molar-refractivity contribution is 5.87. The van der Waals surface area contributed by atoms with Crippen molar-refractivity contribution in [3.05, 3.63) is 47.5 Å². The van der Waals surface area contributed by atoms with E-state index in [2.05, 4.69) is 12.2 Å². The number of carbonyl (C=O) groups is 2. The fourth-order valence-electron chi connectivity index (χ4n) is 2.91. The van der Waals surface area contributed by atoms with Crippen LogP contribution in [0.1, 0.15) is 41.6 Å². The number of aromatic carboxylic acids is 1. The Balaban J connectivity index is 1.86. The summed E-state index contributed by atoms with van der Waals surface area (Å²) in [6, 6.07) is 7.03. The van der Waals surface area contributed by atoms with Crippen LogP contribution in [0, 0.1) is 0 Å². The lowest BCUT2D eigenvalue weighted by Gasteiger charge is -2.22. The number of carboxylic acids is 1. The van der Waals surface area contributed by atoms with Crippen LogP contribution < -0.4 is 0 Å². The number of allylic oxidation sites excluding steroid dienone is 1. The van der Waals surface area contributed by atoms with Gasteiger partial charge in [0.25, 0.3) is 0 Å². The van der Waals surface area contributed by atoms with Crippen LogP contribution in [0.2, 0.25) is 0 Å². The fourth-order valence-corrected chi connectivity index (χ4v) is 2.91. The maximum atomic E-state index is 12.1. The molecule has 0 radical (unpaired) electrons. The molecule has 1 saturated heterocycles. The van der Waals surface area contributed by atoms with E-state index in [1.807, 2.05) is 17.0 Å². The van der Waals surface area contributed by atoms with E-state index >= 15 is 0 Å². The molecule has 1 aliphatic rings. The lowest BCUT2D eigenvalue weighted by atomic mass is 10.1. The molecule has 1 atom stereocenters. The van der Waals surface area contributed by atoms with Gasteiger partial charge in [0.05, 0.1) is 11.6 Å². The van der Waals surface area contributed by atoms with Crippen LogP contribution in [-0.2, 0) is 16.0 Å². The number of rotatable bonds is 9. The molecule has 1 amide bonds. The zero-order chi connectivity index (χ0) is 17.4. The molecule has 1 aliphatic heterocycles. The van der Waals surface area contributed by atoms with E-state index in [0.717, 1.165) is 37.9 Å². The molecule has 0 bridgehead atoms. The molecule has 1 N–H and O–H groups in total. The quantitative estimate of drug-likeness (QED) is 0.558. The predicted octanol–water partition coefficient (Wildman–Crippen LogP) is 2.90. The number of unbranched alkanes of at least 4 members (excludes halogenated alkanes) is 1. The van der Waals surface area contributed by atoms with Gasteiger partial charge >= 0.3 is 5.97 Å². The molecule has 1 heterocycles. The first-order chi connectivity index (χ1) is 11.6. The van der Waals surface area contributed by atoms with Gasteiger partial charge in [-0.25, -0.2) is 4.79 Å². The number of carboxylic acid groups (broad SMARTS) is 1. The third-order valence-electron chi connectivity index (χ3n) is 4.29. The van der Waals surface area contributed by atoms with E-state index < -0.39 is 5.97 Å². The Morgan fingerprint density at radius 1 is 1.38 bits per heavy atom. The summed E-state index contributed by atoms with van der Waals surface area (Å²) in [6.07, 6.45) is 8.43. The summed E-state index contributed by atoms with van der Waals surface area (Å²) in [6.45, 7) is 1.42. The average molecular weight is 331 g/mol. The van der Waals surface area contributed by atoms with Crippen molar-refractivity contribution < 1.29 is 19.4 Å². The van der Waals surface area contributed by atoms with E-state index in [1.54, 1.807) is 19.2 Å². The molecular weight excluding hydrogens is 306 g/mol. The van der Waals surface area contributed by atoms with Crippen molar-refractivity contribution in [2.45, 2.75) is 38.1 Å². The highest BCUT2D eigenvalue weighted by Gasteiger charge is 2.28. The van der Waals surface area contributed by atoms with Crippen molar-refractivity contribution >= 4 is 11.9 Å². The van der Waals surface area contributed by atoms with Gasteiger partial charge < -0.3 is 14.7 Å². The van der Waals surface area contributed by atoms with Crippen molar-refractivity contribution in [2.24, 2.45) is 0 Å². The Kier molecular flexibility index (Phi) is 7.00. The van der Waals surface area contributed by atoms with Gasteiger partial charge in [-0.05, 0) is 43.4 Å².